The number of hydrogen-bond donors (Lipinski definition) is 1. The molecule has 0 aromatic heterocycles. The lowest BCUT2D eigenvalue weighted by molar-refractivity contribution is 0.266. The Hall–Kier alpha value is -2.85. The Labute approximate surface area is 296 Å². The summed E-state index contributed by atoms with van der Waals surface area (Å²) < 4.78 is 45.2. The first-order valence-corrected chi connectivity index (χ1v) is 19.1. The molecule has 0 spiro atoms. The maximum absolute atomic E-state index is 15.7. The van der Waals surface area contributed by atoms with Gasteiger partial charge in [-0.15, -0.1) is 0 Å². The number of unbranched alkanes of at least 4 members (excludes halogenated alkanes) is 2. The van der Waals surface area contributed by atoms with E-state index in [-0.39, 0.29) is 22.1 Å². The second kappa shape index (κ2) is 16.0. The minimum atomic E-state index is -1.14. The van der Waals surface area contributed by atoms with Crippen LogP contribution in [0.5, 0.6) is 0 Å². The molecule has 0 fully saturated rings. The van der Waals surface area contributed by atoms with Crippen LogP contribution < -0.4 is 5.73 Å². The first kappa shape index (κ1) is 38.9. The monoisotopic (exact) mass is 673 g/mol. The Bertz CT molecular complexity index is 1590. The molecule has 1 aliphatic carbocycles. The van der Waals surface area contributed by atoms with Crippen LogP contribution in [0.25, 0.3) is 22.8 Å². The molecular weight excluding hydrogens is 611 g/mol. The van der Waals surface area contributed by atoms with Crippen molar-refractivity contribution in [2.75, 3.05) is 0 Å². The zero-order chi connectivity index (χ0) is 36.3. The topological polar surface area (TPSA) is 26.0 Å². The average molecular weight is 674 g/mol. The van der Waals surface area contributed by atoms with Crippen molar-refractivity contribution in [2.24, 2.45) is 17.6 Å². The predicted octanol–water partition coefficient (Wildman–Crippen LogP) is 13.6. The van der Waals surface area contributed by atoms with Crippen LogP contribution in [0.2, 0.25) is 0 Å². The van der Waals surface area contributed by atoms with Gasteiger partial charge in [0.05, 0.1) is 0 Å². The van der Waals surface area contributed by atoms with Crippen LogP contribution in [-0.4, -0.2) is 5.54 Å². The molecule has 268 valence electrons. The molecule has 2 N–H and O–H groups in total. The van der Waals surface area contributed by atoms with Crippen molar-refractivity contribution >= 4 is 11.6 Å². The lowest BCUT2D eigenvalue weighted by Crippen LogP contribution is -2.34. The summed E-state index contributed by atoms with van der Waals surface area (Å²) in [6.07, 6.45) is 13.3. The van der Waals surface area contributed by atoms with Gasteiger partial charge in [0.25, 0.3) is 0 Å². The molecule has 1 aliphatic rings. The number of nitrogens with two attached hydrogens (primary N) is 1. The maximum Gasteiger partial charge on any atom is 0.164 e. The lowest BCUT2D eigenvalue weighted by Gasteiger charge is -2.39. The molecule has 0 bridgehead atoms. The molecule has 3 aromatic carbocycles. The van der Waals surface area contributed by atoms with Crippen molar-refractivity contribution < 1.29 is 13.2 Å². The van der Waals surface area contributed by atoms with Crippen LogP contribution in [0.1, 0.15) is 164 Å². The Morgan fingerprint density at radius 1 is 0.755 bits per heavy atom. The first-order chi connectivity index (χ1) is 23.1. The van der Waals surface area contributed by atoms with Crippen molar-refractivity contribution in [1.82, 2.24) is 0 Å². The highest BCUT2D eigenvalue weighted by atomic mass is 19.2. The Kier molecular flexibility index (Phi) is 12.7. The molecule has 0 amide bonds. The van der Waals surface area contributed by atoms with Crippen LogP contribution >= 0.6 is 0 Å². The molecule has 3 aromatic rings. The summed E-state index contributed by atoms with van der Waals surface area (Å²) in [4.78, 5) is 0. The van der Waals surface area contributed by atoms with Crippen molar-refractivity contribution in [1.29, 1.82) is 0 Å². The number of fused-ring (bicyclic) bond motifs is 3. The van der Waals surface area contributed by atoms with Gasteiger partial charge in [-0.3, -0.25) is 0 Å². The molecule has 4 heteroatoms. The van der Waals surface area contributed by atoms with Gasteiger partial charge in [-0.25, -0.2) is 13.2 Å². The van der Waals surface area contributed by atoms with Crippen LogP contribution in [0.3, 0.4) is 0 Å². The second-order valence-corrected chi connectivity index (χ2v) is 15.9. The molecule has 2 atom stereocenters. The molecule has 0 aliphatic heterocycles. The predicted molar refractivity (Wildman–Crippen MR) is 205 cm³/mol. The second-order valence-electron chi connectivity index (χ2n) is 15.9. The fraction of sp³-hybridized carbons (Fsp3) is 0.556. The van der Waals surface area contributed by atoms with E-state index in [0.717, 1.165) is 31.2 Å². The van der Waals surface area contributed by atoms with E-state index in [0.29, 0.717) is 23.3 Å². The van der Waals surface area contributed by atoms with Crippen LogP contribution in [-0.2, 0) is 5.41 Å². The summed E-state index contributed by atoms with van der Waals surface area (Å²) in [5.41, 5.74) is 13.8. The van der Waals surface area contributed by atoms with Crippen molar-refractivity contribution in [2.45, 2.75) is 150 Å². The van der Waals surface area contributed by atoms with Gasteiger partial charge in [-0.1, -0.05) is 123 Å². The van der Waals surface area contributed by atoms with E-state index in [1.807, 2.05) is 13.8 Å². The van der Waals surface area contributed by atoms with Gasteiger partial charge in [0.2, 0.25) is 0 Å². The molecule has 0 saturated heterocycles. The first-order valence-electron chi connectivity index (χ1n) is 19.1. The number of rotatable bonds is 16. The normalized spacial score (nSPS) is 17.4. The lowest BCUT2D eigenvalue weighted by atomic mass is 9.64. The largest absolute Gasteiger partial charge is 0.322 e. The van der Waals surface area contributed by atoms with Crippen molar-refractivity contribution in [3.63, 3.8) is 0 Å². The van der Waals surface area contributed by atoms with Gasteiger partial charge in [0.15, 0.2) is 11.6 Å². The minimum Gasteiger partial charge on any atom is -0.322 e. The molecular formula is C45H62F3N. The zero-order valence-corrected chi connectivity index (χ0v) is 32.1. The Morgan fingerprint density at radius 3 is 1.76 bits per heavy atom. The van der Waals surface area contributed by atoms with Crippen LogP contribution in [0, 0.1) is 43.1 Å². The fourth-order valence-corrected chi connectivity index (χ4v) is 8.30. The van der Waals surface area contributed by atoms with E-state index in [1.165, 1.54) is 80.2 Å². The van der Waals surface area contributed by atoms with E-state index < -0.39 is 23.0 Å². The molecule has 2 unspecified atom stereocenters. The van der Waals surface area contributed by atoms with Crippen LogP contribution in [0.4, 0.5) is 13.2 Å². The van der Waals surface area contributed by atoms with E-state index >= 15 is 4.39 Å². The number of halogens is 3. The van der Waals surface area contributed by atoms with Gasteiger partial charge in [-0.2, -0.15) is 0 Å². The Morgan fingerprint density at radius 2 is 1.27 bits per heavy atom. The highest BCUT2D eigenvalue weighted by Crippen LogP contribution is 2.57. The SMILES string of the molecule is CCCCC(CC)CC1(CC(CC)CCCC)c2cc(C(=Cc3c(C)c(F)c(F)c(C)c3F)C(C)(C)N)ccc2-c2ccc(C(C)C)cc21. The Balaban J connectivity index is 2.06. The molecule has 0 radical (unpaired) electrons. The number of benzene rings is 3. The summed E-state index contributed by atoms with van der Waals surface area (Å²) in [7, 11) is 0. The van der Waals surface area contributed by atoms with Gasteiger partial charge < -0.3 is 5.73 Å². The quantitative estimate of drug-likeness (QED) is 0.119. The highest BCUT2D eigenvalue weighted by molar-refractivity contribution is 5.90. The number of hydrogen-bond acceptors (Lipinski definition) is 1. The summed E-state index contributed by atoms with van der Waals surface area (Å²) in [6, 6.07) is 13.8. The molecule has 4 rings (SSSR count). The third-order valence-electron chi connectivity index (χ3n) is 11.5. The van der Waals surface area contributed by atoms with Gasteiger partial charge in [0, 0.05) is 22.1 Å². The molecule has 0 saturated carbocycles. The van der Waals surface area contributed by atoms with E-state index in [2.05, 4.69) is 77.9 Å². The average Bonchev–Trinajstić information content (AvgIpc) is 3.33. The summed E-state index contributed by atoms with van der Waals surface area (Å²) in [5.74, 6) is -1.32. The van der Waals surface area contributed by atoms with Gasteiger partial charge >= 0.3 is 0 Å². The van der Waals surface area contributed by atoms with E-state index in [9.17, 15) is 8.78 Å². The van der Waals surface area contributed by atoms with E-state index in [1.54, 1.807) is 6.08 Å². The van der Waals surface area contributed by atoms with Crippen LogP contribution in [0.15, 0.2) is 36.4 Å². The molecule has 1 nitrogen and oxygen atoms in total. The zero-order valence-electron chi connectivity index (χ0n) is 32.1. The third-order valence-corrected chi connectivity index (χ3v) is 11.5. The van der Waals surface area contributed by atoms with Gasteiger partial charge in [0.1, 0.15) is 5.82 Å². The van der Waals surface area contributed by atoms with E-state index in [4.69, 9.17) is 5.73 Å². The smallest absolute Gasteiger partial charge is 0.164 e. The minimum absolute atomic E-state index is 0.0464. The summed E-state index contributed by atoms with van der Waals surface area (Å²) in [6.45, 7) is 20.3. The highest BCUT2D eigenvalue weighted by Gasteiger charge is 2.46. The fourth-order valence-electron chi connectivity index (χ4n) is 8.30. The molecule has 49 heavy (non-hydrogen) atoms. The maximum atomic E-state index is 15.7. The summed E-state index contributed by atoms with van der Waals surface area (Å²) in [5, 5.41) is 0. The van der Waals surface area contributed by atoms with Crippen molar-refractivity contribution in [3.8, 4) is 11.1 Å². The standard InChI is InChI=1S/C45H62F3N/c1-11-15-17-31(13-3)26-45(27-32(14-4)18-16-12-2)39-23-33(28(5)6)19-21-35(39)36-22-20-34(24-40(36)45)38(44(9,10)49)25-37-29(7)42(47)43(48)30(8)41(37)46/h19-25,28,31-32H,11-18,26-27,49H2,1-10H3. The summed E-state index contributed by atoms with van der Waals surface area (Å²) >= 11 is 0. The van der Waals surface area contributed by atoms with Crippen molar-refractivity contribution in [3.05, 3.63) is 92.8 Å². The molecule has 0 heterocycles. The van der Waals surface area contributed by atoms with Gasteiger partial charge in [-0.05, 0) is 115 Å². The third kappa shape index (κ3) is 7.90.